The highest BCUT2D eigenvalue weighted by atomic mass is 79.9. The second-order valence-electron chi connectivity index (χ2n) is 5.05. The summed E-state index contributed by atoms with van der Waals surface area (Å²) >= 11 is 3.65. The zero-order chi connectivity index (χ0) is 13.1. The van der Waals surface area contributed by atoms with Crippen LogP contribution in [0.3, 0.4) is 0 Å². The maximum atomic E-state index is 8.99. The van der Waals surface area contributed by atoms with Gasteiger partial charge in [-0.3, -0.25) is 4.90 Å². The van der Waals surface area contributed by atoms with Crippen molar-refractivity contribution in [2.24, 2.45) is 0 Å². The van der Waals surface area contributed by atoms with E-state index in [0.717, 1.165) is 26.1 Å². The van der Waals surface area contributed by atoms with Gasteiger partial charge < -0.3 is 10.0 Å². The Morgan fingerprint density at radius 2 is 2.28 bits per heavy atom. The summed E-state index contributed by atoms with van der Waals surface area (Å²) in [5.74, 6) is 0. The molecule has 18 heavy (non-hydrogen) atoms. The number of likely N-dealkylation sites (N-methyl/N-ethyl adjacent to an activating group) is 1. The lowest BCUT2D eigenvalue weighted by molar-refractivity contribution is 0.188. The number of hydrogen-bond acceptors (Lipinski definition) is 3. The molecule has 0 spiro atoms. The molecule has 0 saturated carbocycles. The Morgan fingerprint density at radius 1 is 1.50 bits per heavy atom. The molecule has 1 saturated heterocycles. The van der Waals surface area contributed by atoms with Crippen molar-refractivity contribution in [1.82, 2.24) is 4.90 Å². The largest absolute Gasteiger partial charge is 0.395 e. The second kappa shape index (κ2) is 6.04. The molecule has 1 aliphatic rings. The van der Waals surface area contributed by atoms with Crippen LogP contribution in [0.2, 0.25) is 0 Å². The molecule has 3 nitrogen and oxygen atoms in total. The van der Waals surface area contributed by atoms with Crippen LogP contribution in [0.1, 0.15) is 12.0 Å². The fourth-order valence-electron chi connectivity index (χ4n) is 2.53. The molecule has 1 atom stereocenters. The van der Waals surface area contributed by atoms with Gasteiger partial charge in [0.05, 0.1) is 12.3 Å². The van der Waals surface area contributed by atoms with Gasteiger partial charge in [0.15, 0.2) is 0 Å². The summed E-state index contributed by atoms with van der Waals surface area (Å²) in [6.45, 7) is 5.23. The third-order valence-corrected chi connectivity index (χ3v) is 4.32. The first kappa shape index (κ1) is 13.8. The van der Waals surface area contributed by atoms with E-state index in [1.165, 1.54) is 15.7 Å². The molecular formula is C14H21BrN2O. The molecule has 2 rings (SSSR count). The molecule has 1 aliphatic heterocycles. The summed E-state index contributed by atoms with van der Waals surface area (Å²) in [7, 11) is 2.09. The van der Waals surface area contributed by atoms with Crippen LogP contribution < -0.4 is 4.90 Å². The lowest BCUT2D eigenvalue weighted by Crippen LogP contribution is -2.36. The third-order valence-electron chi connectivity index (χ3n) is 3.68. The predicted molar refractivity (Wildman–Crippen MR) is 79.2 cm³/mol. The minimum atomic E-state index is 0.237. The number of aliphatic hydroxyl groups excluding tert-OH is 1. The number of benzene rings is 1. The number of hydrogen-bond donors (Lipinski definition) is 1. The highest BCUT2D eigenvalue weighted by Gasteiger charge is 2.26. The van der Waals surface area contributed by atoms with E-state index in [9.17, 15) is 0 Å². The smallest absolute Gasteiger partial charge is 0.0558 e. The van der Waals surface area contributed by atoms with Gasteiger partial charge in [-0.25, -0.2) is 0 Å². The Hall–Kier alpha value is -0.580. The van der Waals surface area contributed by atoms with Gasteiger partial charge in [-0.1, -0.05) is 6.07 Å². The summed E-state index contributed by atoms with van der Waals surface area (Å²) in [5, 5.41) is 8.99. The van der Waals surface area contributed by atoms with Gasteiger partial charge in [0, 0.05) is 30.1 Å². The molecule has 1 heterocycles. The SMILES string of the molecule is Cc1ccc(N2CCC(N(C)CCO)C2)c(Br)c1. The van der Waals surface area contributed by atoms with Gasteiger partial charge in [-0.15, -0.1) is 0 Å². The van der Waals surface area contributed by atoms with Gasteiger partial charge in [-0.2, -0.15) is 0 Å². The van der Waals surface area contributed by atoms with Crippen molar-refractivity contribution in [2.75, 3.05) is 38.2 Å². The fraction of sp³-hybridized carbons (Fsp3) is 0.571. The summed E-state index contributed by atoms with van der Waals surface area (Å²) in [6.07, 6.45) is 1.16. The van der Waals surface area contributed by atoms with Crippen LogP contribution >= 0.6 is 15.9 Å². The average molecular weight is 313 g/mol. The van der Waals surface area contributed by atoms with E-state index in [2.05, 4.69) is 57.9 Å². The van der Waals surface area contributed by atoms with Crippen molar-refractivity contribution in [3.05, 3.63) is 28.2 Å². The Kier molecular flexibility index (Phi) is 4.65. The van der Waals surface area contributed by atoms with Crippen LogP contribution in [0.15, 0.2) is 22.7 Å². The van der Waals surface area contributed by atoms with Crippen LogP contribution in [0, 0.1) is 6.92 Å². The normalized spacial score (nSPS) is 19.8. The molecule has 1 aromatic rings. The molecule has 1 unspecified atom stereocenters. The van der Waals surface area contributed by atoms with E-state index >= 15 is 0 Å². The fourth-order valence-corrected chi connectivity index (χ4v) is 3.27. The topological polar surface area (TPSA) is 26.7 Å². The third kappa shape index (κ3) is 3.05. The van der Waals surface area contributed by atoms with Gasteiger partial charge in [0.2, 0.25) is 0 Å². The maximum absolute atomic E-state index is 8.99. The zero-order valence-electron chi connectivity index (χ0n) is 11.1. The van der Waals surface area contributed by atoms with Crippen molar-refractivity contribution in [1.29, 1.82) is 0 Å². The first-order chi connectivity index (χ1) is 8.61. The number of rotatable bonds is 4. The van der Waals surface area contributed by atoms with Crippen LogP contribution in [-0.4, -0.2) is 49.3 Å². The zero-order valence-corrected chi connectivity index (χ0v) is 12.7. The lowest BCUT2D eigenvalue weighted by atomic mass is 10.2. The first-order valence-electron chi connectivity index (χ1n) is 6.44. The molecule has 0 radical (unpaired) electrons. The minimum Gasteiger partial charge on any atom is -0.395 e. The molecule has 0 aromatic heterocycles. The first-order valence-corrected chi connectivity index (χ1v) is 7.23. The van der Waals surface area contributed by atoms with Crippen molar-refractivity contribution >= 4 is 21.6 Å². The number of halogens is 1. The summed E-state index contributed by atoms with van der Waals surface area (Å²) < 4.78 is 1.17. The van der Waals surface area contributed by atoms with E-state index in [1.54, 1.807) is 0 Å². The standard InChI is InChI=1S/C14H21BrN2O/c1-11-3-4-14(13(15)9-11)17-6-5-12(10-17)16(2)7-8-18/h3-4,9,12,18H,5-8,10H2,1-2H3. The monoisotopic (exact) mass is 312 g/mol. The quantitative estimate of drug-likeness (QED) is 0.924. The molecule has 4 heteroatoms. The summed E-state index contributed by atoms with van der Waals surface area (Å²) in [5.41, 5.74) is 2.55. The van der Waals surface area contributed by atoms with Gasteiger partial charge >= 0.3 is 0 Å². The van der Waals surface area contributed by atoms with Crippen molar-refractivity contribution in [2.45, 2.75) is 19.4 Å². The Labute approximate surface area is 118 Å². The summed E-state index contributed by atoms with van der Waals surface area (Å²) in [4.78, 5) is 4.67. The average Bonchev–Trinajstić information content (AvgIpc) is 2.78. The molecule has 0 amide bonds. The highest BCUT2D eigenvalue weighted by molar-refractivity contribution is 9.10. The van der Waals surface area contributed by atoms with E-state index in [4.69, 9.17) is 5.11 Å². The molecular weight excluding hydrogens is 292 g/mol. The number of aliphatic hydroxyl groups is 1. The van der Waals surface area contributed by atoms with Gasteiger partial charge in [0.25, 0.3) is 0 Å². The maximum Gasteiger partial charge on any atom is 0.0558 e. The predicted octanol–water partition coefficient (Wildman–Crippen LogP) is 2.26. The minimum absolute atomic E-state index is 0.237. The molecule has 100 valence electrons. The lowest BCUT2D eigenvalue weighted by Gasteiger charge is -2.25. The summed E-state index contributed by atoms with van der Waals surface area (Å²) in [6, 6.07) is 7.06. The van der Waals surface area contributed by atoms with Gasteiger partial charge in [-0.05, 0) is 54.0 Å². The second-order valence-corrected chi connectivity index (χ2v) is 5.90. The van der Waals surface area contributed by atoms with Crippen LogP contribution in [-0.2, 0) is 0 Å². The van der Waals surface area contributed by atoms with Crippen LogP contribution in [0.4, 0.5) is 5.69 Å². The number of anilines is 1. The van der Waals surface area contributed by atoms with E-state index in [-0.39, 0.29) is 6.61 Å². The molecule has 0 aliphatic carbocycles. The number of aryl methyl sites for hydroxylation is 1. The van der Waals surface area contributed by atoms with E-state index in [0.29, 0.717) is 6.04 Å². The molecule has 1 aromatic carbocycles. The Morgan fingerprint density at radius 3 is 2.94 bits per heavy atom. The van der Waals surface area contributed by atoms with Crippen molar-refractivity contribution in [3.8, 4) is 0 Å². The van der Waals surface area contributed by atoms with E-state index in [1.807, 2.05) is 0 Å². The van der Waals surface area contributed by atoms with Gasteiger partial charge in [0.1, 0.15) is 0 Å². The molecule has 1 N–H and O–H groups in total. The molecule has 1 fully saturated rings. The van der Waals surface area contributed by atoms with Crippen molar-refractivity contribution < 1.29 is 5.11 Å². The highest BCUT2D eigenvalue weighted by Crippen LogP contribution is 2.30. The van der Waals surface area contributed by atoms with Crippen molar-refractivity contribution in [3.63, 3.8) is 0 Å². The van der Waals surface area contributed by atoms with E-state index < -0.39 is 0 Å². The Balaban J connectivity index is 2.04. The molecule has 0 bridgehead atoms. The number of nitrogens with zero attached hydrogens (tertiary/aromatic N) is 2. The van der Waals surface area contributed by atoms with Crippen LogP contribution in [0.25, 0.3) is 0 Å². The van der Waals surface area contributed by atoms with Crippen LogP contribution in [0.5, 0.6) is 0 Å². The Bertz CT molecular complexity index is 411.